The van der Waals surface area contributed by atoms with Gasteiger partial charge in [-0.3, -0.25) is 0 Å². The van der Waals surface area contributed by atoms with Crippen molar-refractivity contribution in [1.29, 1.82) is 0 Å². The molecule has 0 aromatic carbocycles. The number of nitrogens with one attached hydrogen (secondary N) is 1. The molecule has 1 fully saturated rings. The molecule has 2 rings (SSSR count). The smallest absolute Gasteiger partial charge is 0.117 e. The van der Waals surface area contributed by atoms with Crippen molar-refractivity contribution >= 4 is 11.3 Å². The highest BCUT2D eigenvalue weighted by Crippen LogP contribution is 2.27. The summed E-state index contributed by atoms with van der Waals surface area (Å²) >= 11 is 1.83. The van der Waals surface area contributed by atoms with Crippen molar-refractivity contribution in [2.75, 3.05) is 13.1 Å². The van der Waals surface area contributed by atoms with Crippen molar-refractivity contribution in [3.05, 3.63) is 10.0 Å². The summed E-state index contributed by atoms with van der Waals surface area (Å²) in [5, 5.41) is 14.5. The van der Waals surface area contributed by atoms with Gasteiger partial charge in [0.2, 0.25) is 0 Å². The minimum Gasteiger partial charge on any atom is -0.317 e. The molecule has 0 radical (unpaired) electrons. The summed E-state index contributed by atoms with van der Waals surface area (Å²) in [6.45, 7) is 4.30. The van der Waals surface area contributed by atoms with E-state index in [0.717, 1.165) is 25.4 Å². The van der Waals surface area contributed by atoms with Gasteiger partial charge in [-0.25, -0.2) is 0 Å². The van der Waals surface area contributed by atoms with E-state index in [9.17, 15) is 0 Å². The summed E-state index contributed by atoms with van der Waals surface area (Å²) < 4.78 is 0. The van der Waals surface area contributed by atoms with Gasteiger partial charge in [0.05, 0.1) is 0 Å². The van der Waals surface area contributed by atoms with Crippen LogP contribution in [0.15, 0.2) is 0 Å². The van der Waals surface area contributed by atoms with Gasteiger partial charge >= 0.3 is 0 Å². The van der Waals surface area contributed by atoms with Crippen LogP contribution in [0, 0.1) is 5.92 Å². The predicted molar refractivity (Wildman–Crippen MR) is 77.1 cm³/mol. The van der Waals surface area contributed by atoms with Gasteiger partial charge in [-0.2, -0.15) is 0 Å². The number of aryl methyl sites for hydroxylation is 1. The van der Waals surface area contributed by atoms with Gasteiger partial charge in [0.1, 0.15) is 10.0 Å². The first-order chi connectivity index (χ1) is 8.88. The van der Waals surface area contributed by atoms with Crippen LogP contribution in [0.3, 0.4) is 0 Å². The summed E-state index contributed by atoms with van der Waals surface area (Å²) in [6.07, 6.45) is 10.5. The Bertz CT molecular complexity index is 332. The topological polar surface area (TPSA) is 37.8 Å². The monoisotopic (exact) mass is 267 g/mol. The normalized spacial score (nSPS) is 17.2. The second kappa shape index (κ2) is 7.85. The zero-order valence-corrected chi connectivity index (χ0v) is 12.3. The maximum atomic E-state index is 4.36. The van der Waals surface area contributed by atoms with Crippen molar-refractivity contribution in [2.45, 2.75) is 58.3 Å². The molecule has 3 nitrogen and oxygen atoms in total. The Hall–Kier alpha value is -0.480. The average Bonchev–Trinajstić information content (AvgIpc) is 2.84. The molecule has 0 amide bonds. The van der Waals surface area contributed by atoms with Crippen LogP contribution in [0.4, 0.5) is 0 Å². The molecule has 0 aliphatic heterocycles. The Kier molecular flexibility index (Phi) is 6.08. The second-order valence-corrected chi connectivity index (χ2v) is 6.40. The van der Waals surface area contributed by atoms with Crippen molar-refractivity contribution < 1.29 is 0 Å². The molecule has 1 aliphatic carbocycles. The van der Waals surface area contributed by atoms with Gasteiger partial charge in [-0.1, -0.05) is 39.0 Å². The first-order valence-corrected chi connectivity index (χ1v) is 8.22. The number of hydrogen-bond donors (Lipinski definition) is 1. The zero-order valence-electron chi connectivity index (χ0n) is 11.5. The lowest BCUT2D eigenvalue weighted by Gasteiger charge is -2.19. The molecule has 1 heterocycles. The van der Waals surface area contributed by atoms with E-state index in [1.165, 1.54) is 55.0 Å². The van der Waals surface area contributed by atoms with Crippen molar-refractivity contribution in [2.24, 2.45) is 5.92 Å². The van der Waals surface area contributed by atoms with Crippen LogP contribution in [0.25, 0.3) is 0 Å². The maximum Gasteiger partial charge on any atom is 0.117 e. The number of hydrogen-bond acceptors (Lipinski definition) is 4. The predicted octanol–water partition coefficient (Wildman–Crippen LogP) is 3.20. The molecule has 1 saturated carbocycles. The number of rotatable bonds is 7. The third-order valence-corrected chi connectivity index (χ3v) is 4.70. The first kappa shape index (κ1) is 13.9. The second-order valence-electron chi connectivity index (χ2n) is 5.25. The minimum atomic E-state index is 0.876. The number of nitrogens with zero attached hydrogens (tertiary/aromatic N) is 2. The molecular weight excluding hydrogens is 242 g/mol. The molecular formula is C14H25N3S. The van der Waals surface area contributed by atoms with Crippen LogP contribution >= 0.6 is 11.3 Å². The third-order valence-electron chi connectivity index (χ3n) is 3.69. The Morgan fingerprint density at radius 1 is 1.17 bits per heavy atom. The van der Waals surface area contributed by atoms with Gasteiger partial charge in [0.25, 0.3) is 0 Å². The summed E-state index contributed by atoms with van der Waals surface area (Å²) in [6, 6.07) is 0. The van der Waals surface area contributed by atoms with E-state index in [2.05, 4.69) is 22.4 Å². The molecule has 1 aromatic rings. The van der Waals surface area contributed by atoms with Gasteiger partial charge in [0, 0.05) is 12.8 Å². The molecule has 1 N–H and O–H groups in total. The quantitative estimate of drug-likeness (QED) is 0.771. The molecule has 0 atom stereocenters. The van der Waals surface area contributed by atoms with Crippen LogP contribution in [0.2, 0.25) is 0 Å². The Labute approximate surface area is 114 Å². The highest BCUT2D eigenvalue weighted by Gasteiger charge is 2.16. The van der Waals surface area contributed by atoms with Crippen LogP contribution in [-0.4, -0.2) is 23.3 Å². The SMILES string of the molecule is CCNCCCc1nnc(CC2CCCCC2)s1. The van der Waals surface area contributed by atoms with E-state index in [-0.39, 0.29) is 0 Å². The standard InChI is InChI=1S/C14H25N3S/c1-2-15-10-6-9-13-16-17-14(18-13)11-12-7-4-3-5-8-12/h12,15H,2-11H2,1H3. The summed E-state index contributed by atoms with van der Waals surface area (Å²) in [4.78, 5) is 0. The van der Waals surface area contributed by atoms with Crippen molar-refractivity contribution in [3.8, 4) is 0 Å². The summed E-state index contributed by atoms with van der Waals surface area (Å²) in [5.74, 6) is 0.876. The van der Waals surface area contributed by atoms with Gasteiger partial charge in [-0.05, 0) is 25.4 Å². The lowest BCUT2D eigenvalue weighted by Crippen LogP contribution is -2.14. The van der Waals surface area contributed by atoms with Gasteiger partial charge < -0.3 is 5.32 Å². The molecule has 0 unspecified atom stereocenters. The van der Waals surface area contributed by atoms with Crippen LogP contribution < -0.4 is 5.32 Å². The van der Waals surface area contributed by atoms with Crippen LogP contribution in [-0.2, 0) is 12.8 Å². The Balaban J connectivity index is 1.71. The summed E-state index contributed by atoms with van der Waals surface area (Å²) in [5.41, 5.74) is 0. The molecule has 0 saturated heterocycles. The molecule has 102 valence electrons. The molecule has 1 aliphatic rings. The zero-order chi connectivity index (χ0) is 12.6. The average molecular weight is 267 g/mol. The number of aromatic nitrogens is 2. The van der Waals surface area contributed by atoms with E-state index in [0.29, 0.717) is 0 Å². The Morgan fingerprint density at radius 3 is 2.72 bits per heavy atom. The first-order valence-electron chi connectivity index (χ1n) is 7.40. The highest BCUT2D eigenvalue weighted by molar-refractivity contribution is 7.11. The van der Waals surface area contributed by atoms with E-state index < -0.39 is 0 Å². The fourth-order valence-corrected chi connectivity index (χ4v) is 3.65. The lowest BCUT2D eigenvalue weighted by molar-refractivity contribution is 0.356. The van der Waals surface area contributed by atoms with E-state index >= 15 is 0 Å². The van der Waals surface area contributed by atoms with Crippen LogP contribution in [0.1, 0.15) is 55.5 Å². The van der Waals surface area contributed by atoms with Gasteiger partial charge in [0.15, 0.2) is 0 Å². The van der Waals surface area contributed by atoms with Crippen molar-refractivity contribution in [1.82, 2.24) is 15.5 Å². The van der Waals surface area contributed by atoms with Crippen molar-refractivity contribution in [3.63, 3.8) is 0 Å². The molecule has 1 aromatic heterocycles. The van der Waals surface area contributed by atoms with Crippen LogP contribution in [0.5, 0.6) is 0 Å². The molecule has 18 heavy (non-hydrogen) atoms. The molecule has 0 spiro atoms. The largest absolute Gasteiger partial charge is 0.317 e. The molecule has 0 bridgehead atoms. The minimum absolute atomic E-state index is 0.876. The molecule has 4 heteroatoms. The summed E-state index contributed by atoms with van der Waals surface area (Å²) in [7, 11) is 0. The third kappa shape index (κ3) is 4.65. The van der Waals surface area contributed by atoms with E-state index in [1.807, 2.05) is 11.3 Å². The highest BCUT2D eigenvalue weighted by atomic mass is 32.1. The fourth-order valence-electron chi connectivity index (χ4n) is 2.65. The van der Waals surface area contributed by atoms with Gasteiger partial charge in [-0.15, -0.1) is 21.5 Å². The van der Waals surface area contributed by atoms with E-state index in [1.54, 1.807) is 0 Å². The lowest BCUT2D eigenvalue weighted by atomic mass is 9.87. The fraction of sp³-hybridized carbons (Fsp3) is 0.857. The van der Waals surface area contributed by atoms with E-state index in [4.69, 9.17) is 0 Å². The maximum absolute atomic E-state index is 4.36. The Morgan fingerprint density at radius 2 is 1.94 bits per heavy atom.